The summed E-state index contributed by atoms with van der Waals surface area (Å²) in [6.45, 7) is 12.2. The minimum absolute atomic E-state index is 0.0575. The molecule has 2 aromatic rings. The third-order valence-corrected chi connectivity index (χ3v) is 6.17. The van der Waals surface area contributed by atoms with E-state index >= 15 is 0 Å². The zero-order valence-electron chi connectivity index (χ0n) is 22.5. The molecule has 2 atom stereocenters. The summed E-state index contributed by atoms with van der Waals surface area (Å²) in [4.78, 5) is 41.3. The first kappa shape index (κ1) is 29.7. The van der Waals surface area contributed by atoms with Crippen LogP contribution in [0.3, 0.4) is 0 Å². The molecule has 0 saturated carbocycles. The van der Waals surface area contributed by atoms with Gasteiger partial charge in [-0.3, -0.25) is 9.59 Å². The monoisotopic (exact) mass is 524 g/mol. The van der Waals surface area contributed by atoms with Gasteiger partial charge in [0, 0.05) is 11.4 Å². The van der Waals surface area contributed by atoms with Gasteiger partial charge in [-0.1, -0.05) is 36.4 Å². The van der Waals surface area contributed by atoms with Gasteiger partial charge in [0.05, 0.1) is 6.07 Å². The van der Waals surface area contributed by atoms with Crippen molar-refractivity contribution in [2.24, 2.45) is 0 Å². The molecule has 0 spiro atoms. The molecule has 2 unspecified atom stereocenters. The molecule has 0 aromatic heterocycles. The van der Waals surface area contributed by atoms with Crippen LogP contribution in [-0.2, 0) is 14.3 Å². The van der Waals surface area contributed by atoms with Crippen molar-refractivity contribution in [2.45, 2.75) is 66.2 Å². The second-order valence-electron chi connectivity index (χ2n) is 9.97. The first-order chi connectivity index (χ1) is 17.3. The maximum absolute atomic E-state index is 13.9. The number of ether oxygens (including phenoxy) is 1. The number of nitrogens with zero attached hydrogens (tertiary/aromatic N) is 2. The van der Waals surface area contributed by atoms with Gasteiger partial charge < -0.3 is 20.3 Å². The Bertz CT molecular complexity index is 1160. The maximum atomic E-state index is 13.9. The van der Waals surface area contributed by atoms with Crippen LogP contribution in [0.4, 0.5) is 10.5 Å². The molecule has 3 amide bonds. The summed E-state index contributed by atoms with van der Waals surface area (Å²) in [6, 6.07) is 11.0. The van der Waals surface area contributed by atoms with E-state index in [9.17, 15) is 19.6 Å². The highest BCUT2D eigenvalue weighted by atomic mass is 32.1. The molecule has 0 heterocycles. The minimum Gasteiger partial charge on any atom is -0.444 e. The Morgan fingerprint density at radius 1 is 1.00 bits per heavy atom. The molecule has 0 saturated heterocycles. The maximum Gasteiger partial charge on any atom is 0.408 e. The summed E-state index contributed by atoms with van der Waals surface area (Å²) in [5, 5.41) is 15.2. The second-order valence-corrected chi connectivity index (χ2v) is 10.3. The quantitative estimate of drug-likeness (QED) is 0.340. The lowest BCUT2D eigenvalue weighted by Gasteiger charge is -2.34. The topological polar surface area (TPSA) is 112 Å². The average molecular weight is 525 g/mol. The molecule has 0 aliphatic rings. The highest BCUT2D eigenvalue weighted by Gasteiger charge is 2.37. The normalized spacial score (nSPS) is 12.6. The van der Waals surface area contributed by atoms with Crippen LogP contribution in [-0.4, -0.2) is 46.7 Å². The van der Waals surface area contributed by atoms with Crippen LogP contribution >= 0.6 is 12.6 Å². The Hall–Kier alpha value is -3.51. The molecule has 0 radical (unpaired) electrons. The van der Waals surface area contributed by atoms with E-state index in [4.69, 9.17) is 4.74 Å². The number of carbonyl (C=O) groups is 3. The number of anilines is 1. The smallest absolute Gasteiger partial charge is 0.408 e. The van der Waals surface area contributed by atoms with Crippen molar-refractivity contribution in [1.82, 2.24) is 10.2 Å². The predicted octanol–water partition coefficient (Wildman–Crippen LogP) is 4.78. The molecule has 0 aliphatic carbocycles. The number of aryl methyl sites for hydroxylation is 4. The summed E-state index contributed by atoms with van der Waals surface area (Å²) in [7, 11) is 0. The van der Waals surface area contributed by atoms with E-state index in [1.54, 1.807) is 20.8 Å². The van der Waals surface area contributed by atoms with Crippen LogP contribution in [0.5, 0.6) is 0 Å². The van der Waals surface area contributed by atoms with E-state index in [0.29, 0.717) is 11.3 Å². The molecule has 2 N–H and O–H groups in total. The Balaban J connectivity index is 2.57. The largest absolute Gasteiger partial charge is 0.444 e. The third-order valence-electron chi connectivity index (χ3n) is 5.80. The van der Waals surface area contributed by atoms with Gasteiger partial charge in [-0.2, -0.15) is 17.9 Å². The molecule has 198 valence electrons. The first-order valence-electron chi connectivity index (χ1n) is 12.0. The van der Waals surface area contributed by atoms with Crippen molar-refractivity contribution in [3.8, 4) is 6.07 Å². The van der Waals surface area contributed by atoms with Crippen LogP contribution < -0.4 is 10.6 Å². The Morgan fingerprint density at radius 3 is 1.97 bits per heavy atom. The number of hydrogen-bond acceptors (Lipinski definition) is 6. The Morgan fingerprint density at radius 2 is 1.51 bits per heavy atom. The standard InChI is InChI=1S/C28H36N4O4S/c1-17-10-8-11-18(2)22(17)24(25(33)31-23-19(3)12-9-13-20(23)4)32(15-14-29)26(34)21(16-37)30-27(35)36-28(5,6)7/h8-13,21,24,37H,15-16H2,1-7H3,(H,30,35)(H,31,33). The van der Waals surface area contributed by atoms with Crippen LogP contribution in [0.1, 0.15) is 54.6 Å². The molecule has 8 nitrogen and oxygen atoms in total. The molecule has 2 rings (SSSR count). The number of thiol groups is 1. The molecule has 0 fully saturated rings. The first-order valence-corrected chi connectivity index (χ1v) is 12.6. The Labute approximate surface area is 224 Å². The zero-order chi connectivity index (χ0) is 27.9. The molecule has 9 heteroatoms. The van der Waals surface area contributed by atoms with E-state index in [0.717, 1.165) is 22.3 Å². The van der Waals surface area contributed by atoms with E-state index < -0.39 is 35.6 Å². The number of rotatable bonds is 8. The zero-order valence-corrected chi connectivity index (χ0v) is 23.4. The highest BCUT2D eigenvalue weighted by Crippen LogP contribution is 2.31. The van der Waals surface area contributed by atoms with Gasteiger partial charge in [0.2, 0.25) is 5.91 Å². The van der Waals surface area contributed by atoms with Gasteiger partial charge in [0.25, 0.3) is 5.91 Å². The molecule has 0 aliphatic heterocycles. The lowest BCUT2D eigenvalue weighted by atomic mass is 9.93. The number of hydrogen-bond donors (Lipinski definition) is 3. The number of amides is 3. The molecular formula is C28H36N4O4S. The van der Waals surface area contributed by atoms with Crippen molar-refractivity contribution in [1.29, 1.82) is 5.26 Å². The van der Waals surface area contributed by atoms with Crippen LogP contribution in [0, 0.1) is 39.0 Å². The fraction of sp³-hybridized carbons (Fsp3) is 0.429. The highest BCUT2D eigenvalue weighted by molar-refractivity contribution is 7.80. The van der Waals surface area contributed by atoms with E-state index in [1.807, 2.05) is 70.2 Å². The van der Waals surface area contributed by atoms with Crippen molar-refractivity contribution < 1.29 is 19.1 Å². The second kappa shape index (κ2) is 12.6. The van der Waals surface area contributed by atoms with E-state index in [-0.39, 0.29) is 12.3 Å². The van der Waals surface area contributed by atoms with Crippen molar-refractivity contribution in [2.75, 3.05) is 17.6 Å². The van der Waals surface area contributed by atoms with Gasteiger partial charge in [-0.15, -0.1) is 0 Å². The van der Waals surface area contributed by atoms with Gasteiger partial charge in [0.1, 0.15) is 24.2 Å². The number of alkyl carbamates (subject to hydrolysis) is 1. The minimum atomic E-state index is -1.13. The van der Waals surface area contributed by atoms with Crippen LogP contribution in [0.2, 0.25) is 0 Å². The summed E-state index contributed by atoms with van der Waals surface area (Å²) in [6.07, 6.45) is -0.791. The average Bonchev–Trinajstić information content (AvgIpc) is 2.79. The fourth-order valence-electron chi connectivity index (χ4n) is 4.10. The van der Waals surface area contributed by atoms with Crippen LogP contribution in [0.25, 0.3) is 0 Å². The number of benzene rings is 2. The number of carbonyl (C=O) groups excluding carboxylic acids is 3. The third kappa shape index (κ3) is 7.73. The van der Waals surface area contributed by atoms with Gasteiger partial charge in [-0.25, -0.2) is 4.79 Å². The summed E-state index contributed by atoms with van der Waals surface area (Å²) >= 11 is 4.26. The SMILES string of the molecule is Cc1cccc(C)c1NC(=O)C(c1c(C)cccc1C)N(CC#N)C(=O)C(CS)NC(=O)OC(C)(C)C. The lowest BCUT2D eigenvalue weighted by molar-refractivity contribution is -0.139. The van der Waals surface area contributed by atoms with Gasteiger partial charge >= 0.3 is 6.09 Å². The van der Waals surface area contributed by atoms with E-state index in [2.05, 4.69) is 23.3 Å². The molecule has 37 heavy (non-hydrogen) atoms. The van der Waals surface area contributed by atoms with Gasteiger partial charge in [0.15, 0.2) is 0 Å². The predicted molar refractivity (Wildman–Crippen MR) is 148 cm³/mol. The van der Waals surface area contributed by atoms with Crippen LogP contribution in [0.15, 0.2) is 36.4 Å². The number of para-hydroxylation sites is 1. The number of nitriles is 1. The summed E-state index contributed by atoms with van der Waals surface area (Å²) in [5.74, 6) is -1.14. The fourth-order valence-corrected chi connectivity index (χ4v) is 4.35. The molecule has 2 aromatic carbocycles. The number of nitrogens with one attached hydrogen (secondary N) is 2. The van der Waals surface area contributed by atoms with Crippen molar-refractivity contribution in [3.63, 3.8) is 0 Å². The van der Waals surface area contributed by atoms with Crippen molar-refractivity contribution >= 4 is 36.2 Å². The van der Waals surface area contributed by atoms with E-state index in [1.165, 1.54) is 4.90 Å². The summed E-state index contributed by atoms with van der Waals surface area (Å²) < 4.78 is 5.30. The lowest BCUT2D eigenvalue weighted by Crippen LogP contribution is -2.53. The summed E-state index contributed by atoms with van der Waals surface area (Å²) in [5.41, 5.74) is 3.81. The Kier molecular flexibility index (Phi) is 10.2. The van der Waals surface area contributed by atoms with Crippen molar-refractivity contribution in [3.05, 3.63) is 64.2 Å². The molecule has 0 bridgehead atoms. The van der Waals surface area contributed by atoms with Gasteiger partial charge in [-0.05, 0) is 76.3 Å². The molecular weight excluding hydrogens is 488 g/mol.